The second kappa shape index (κ2) is 9.15. The smallest absolute Gasteiger partial charge is 0.303 e. The molecule has 94 valence electrons. The molecule has 16 heavy (non-hydrogen) atoms. The molecule has 0 rings (SSSR count). The molecule has 0 aliphatic heterocycles. The number of nitrogens with one attached hydrogen (secondary N) is 1. The number of aliphatic carboxylic acids is 1. The molecule has 0 radical (unpaired) electrons. The maximum Gasteiger partial charge on any atom is 0.303 e. The van der Waals surface area contributed by atoms with Crippen molar-refractivity contribution in [3.05, 3.63) is 0 Å². The highest BCUT2D eigenvalue weighted by atomic mass is 16.5. The highest BCUT2D eigenvalue weighted by molar-refractivity contribution is 5.77. The third-order valence-corrected chi connectivity index (χ3v) is 2.02. The maximum atomic E-state index is 11.3. The van der Waals surface area contributed by atoms with Gasteiger partial charge in [-0.3, -0.25) is 9.59 Å². The molecule has 1 amide bonds. The Morgan fingerprint density at radius 1 is 1.44 bits per heavy atom. The van der Waals surface area contributed by atoms with Gasteiger partial charge in [-0.05, 0) is 26.2 Å². The highest BCUT2D eigenvalue weighted by Gasteiger charge is 2.07. The summed E-state index contributed by atoms with van der Waals surface area (Å²) in [5, 5.41) is 11.2. The predicted octanol–water partition coefficient (Wildman–Crippen LogP) is 1.17. The zero-order chi connectivity index (χ0) is 12.4. The Kier molecular flexibility index (Phi) is 8.52. The maximum absolute atomic E-state index is 11.3. The van der Waals surface area contributed by atoms with Crippen molar-refractivity contribution in [1.29, 1.82) is 0 Å². The molecule has 0 aliphatic rings. The molecule has 0 spiro atoms. The molecule has 5 nitrogen and oxygen atoms in total. The topological polar surface area (TPSA) is 75.6 Å². The van der Waals surface area contributed by atoms with Crippen molar-refractivity contribution in [3.63, 3.8) is 0 Å². The summed E-state index contributed by atoms with van der Waals surface area (Å²) in [6.07, 6.45) is 2.28. The highest BCUT2D eigenvalue weighted by Crippen LogP contribution is 2.00. The summed E-state index contributed by atoms with van der Waals surface area (Å²) in [5.74, 6) is -0.943. The minimum Gasteiger partial charge on any atom is -0.481 e. The van der Waals surface area contributed by atoms with Gasteiger partial charge in [0.2, 0.25) is 5.91 Å². The van der Waals surface area contributed by atoms with Crippen molar-refractivity contribution >= 4 is 11.9 Å². The van der Waals surface area contributed by atoms with Crippen LogP contribution < -0.4 is 5.32 Å². The molecular formula is C11H21NO4. The quantitative estimate of drug-likeness (QED) is 0.584. The van der Waals surface area contributed by atoms with E-state index in [4.69, 9.17) is 9.84 Å². The summed E-state index contributed by atoms with van der Waals surface area (Å²) in [4.78, 5) is 21.5. The van der Waals surface area contributed by atoms with Gasteiger partial charge in [-0.1, -0.05) is 6.92 Å². The first-order chi connectivity index (χ1) is 7.56. The first-order valence-corrected chi connectivity index (χ1v) is 5.65. The van der Waals surface area contributed by atoms with Gasteiger partial charge in [0.25, 0.3) is 0 Å². The summed E-state index contributed by atoms with van der Waals surface area (Å²) in [6.45, 7) is 4.50. The molecule has 0 aromatic rings. The third kappa shape index (κ3) is 9.45. The van der Waals surface area contributed by atoms with Gasteiger partial charge in [0.15, 0.2) is 0 Å². The van der Waals surface area contributed by atoms with Crippen molar-refractivity contribution in [2.45, 2.75) is 45.6 Å². The van der Waals surface area contributed by atoms with E-state index in [-0.39, 0.29) is 25.0 Å². The molecule has 0 saturated carbocycles. The number of ether oxygens (including phenoxy) is 1. The average molecular weight is 231 g/mol. The fourth-order valence-electron chi connectivity index (χ4n) is 1.26. The lowest BCUT2D eigenvalue weighted by atomic mass is 10.1. The van der Waals surface area contributed by atoms with Crippen LogP contribution in [-0.2, 0) is 14.3 Å². The molecular weight excluding hydrogens is 210 g/mol. The number of amides is 1. The monoisotopic (exact) mass is 231 g/mol. The summed E-state index contributed by atoms with van der Waals surface area (Å²) in [7, 11) is 0. The number of hydrogen-bond donors (Lipinski definition) is 2. The van der Waals surface area contributed by atoms with Crippen LogP contribution in [0.4, 0.5) is 0 Å². The van der Waals surface area contributed by atoms with Crippen LogP contribution in [0, 0.1) is 0 Å². The Hall–Kier alpha value is -1.10. The van der Waals surface area contributed by atoms with Gasteiger partial charge in [0, 0.05) is 19.1 Å². The van der Waals surface area contributed by atoms with E-state index in [9.17, 15) is 9.59 Å². The van der Waals surface area contributed by atoms with Crippen molar-refractivity contribution in [3.8, 4) is 0 Å². The van der Waals surface area contributed by atoms with Gasteiger partial charge >= 0.3 is 5.97 Å². The zero-order valence-corrected chi connectivity index (χ0v) is 9.99. The summed E-state index contributed by atoms with van der Waals surface area (Å²) in [6, 6.07) is -0.00271. The lowest BCUT2D eigenvalue weighted by Gasteiger charge is -2.13. The summed E-state index contributed by atoms with van der Waals surface area (Å²) >= 11 is 0. The van der Waals surface area contributed by atoms with Gasteiger partial charge in [-0.2, -0.15) is 0 Å². The standard InChI is InChI=1S/C11H21NO4/c1-3-7-16-8-10(13)12-9(2)5-4-6-11(14)15/h9H,3-8H2,1-2H3,(H,12,13)(H,14,15). The largest absolute Gasteiger partial charge is 0.481 e. The molecule has 0 saturated heterocycles. The molecule has 1 atom stereocenters. The van der Waals surface area contributed by atoms with Gasteiger partial charge in [-0.25, -0.2) is 0 Å². The molecule has 0 heterocycles. The van der Waals surface area contributed by atoms with E-state index in [2.05, 4.69) is 5.32 Å². The average Bonchev–Trinajstić information content (AvgIpc) is 2.17. The molecule has 0 aliphatic carbocycles. The number of carboxylic acid groups (broad SMARTS) is 1. The van der Waals surface area contributed by atoms with E-state index in [1.165, 1.54) is 0 Å². The molecule has 1 unspecified atom stereocenters. The van der Waals surface area contributed by atoms with Crippen molar-refractivity contribution < 1.29 is 19.4 Å². The van der Waals surface area contributed by atoms with E-state index in [1.807, 2.05) is 13.8 Å². The van der Waals surface area contributed by atoms with Crippen molar-refractivity contribution in [2.24, 2.45) is 0 Å². The van der Waals surface area contributed by atoms with E-state index < -0.39 is 5.97 Å². The summed E-state index contributed by atoms with van der Waals surface area (Å²) < 4.78 is 5.08. The second-order valence-electron chi connectivity index (χ2n) is 3.81. The predicted molar refractivity (Wildman–Crippen MR) is 60.2 cm³/mol. The van der Waals surface area contributed by atoms with E-state index in [0.717, 1.165) is 6.42 Å². The van der Waals surface area contributed by atoms with Crippen LogP contribution in [0.3, 0.4) is 0 Å². The Labute approximate surface area is 96.2 Å². The minimum atomic E-state index is -0.801. The normalized spacial score (nSPS) is 12.1. The number of hydrogen-bond acceptors (Lipinski definition) is 3. The van der Waals surface area contributed by atoms with E-state index in [0.29, 0.717) is 19.4 Å². The first kappa shape index (κ1) is 14.9. The van der Waals surface area contributed by atoms with Crippen LogP contribution in [0.2, 0.25) is 0 Å². The molecule has 5 heteroatoms. The fourth-order valence-corrected chi connectivity index (χ4v) is 1.26. The second-order valence-corrected chi connectivity index (χ2v) is 3.81. The van der Waals surface area contributed by atoms with Crippen LogP contribution in [0.25, 0.3) is 0 Å². The first-order valence-electron chi connectivity index (χ1n) is 5.65. The van der Waals surface area contributed by atoms with Gasteiger partial charge in [0.1, 0.15) is 6.61 Å². The van der Waals surface area contributed by atoms with Gasteiger partial charge in [0.05, 0.1) is 0 Å². The SMILES string of the molecule is CCCOCC(=O)NC(C)CCCC(=O)O. The van der Waals surface area contributed by atoms with Crippen LogP contribution in [0.15, 0.2) is 0 Å². The Morgan fingerprint density at radius 2 is 2.12 bits per heavy atom. The number of carboxylic acids is 1. The number of carbonyl (C=O) groups excluding carboxylic acids is 1. The molecule has 0 bridgehead atoms. The molecule has 0 aromatic carbocycles. The van der Waals surface area contributed by atoms with E-state index in [1.54, 1.807) is 0 Å². The van der Waals surface area contributed by atoms with Crippen molar-refractivity contribution in [2.75, 3.05) is 13.2 Å². The van der Waals surface area contributed by atoms with Crippen LogP contribution >= 0.6 is 0 Å². The lowest BCUT2D eigenvalue weighted by Crippen LogP contribution is -2.35. The third-order valence-electron chi connectivity index (χ3n) is 2.02. The minimum absolute atomic E-state index is 0.00271. The fraction of sp³-hybridized carbons (Fsp3) is 0.818. The lowest BCUT2D eigenvalue weighted by molar-refractivity contribution is -0.137. The Bertz CT molecular complexity index is 218. The van der Waals surface area contributed by atoms with Crippen LogP contribution in [0.5, 0.6) is 0 Å². The van der Waals surface area contributed by atoms with Gasteiger partial charge in [-0.15, -0.1) is 0 Å². The molecule has 2 N–H and O–H groups in total. The van der Waals surface area contributed by atoms with Crippen LogP contribution in [-0.4, -0.2) is 36.2 Å². The van der Waals surface area contributed by atoms with Crippen LogP contribution in [0.1, 0.15) is 39.5 Å². The summed E-state index contributed by atoms with van der Waals surface area (Å²) in [5.41, 5.74) is 0. The molecule has 0 aromatic heterocycles. The Morgan fingerprint density at radius 3 is 2.69 bits per heavy atom. The molecule has 0 fully saturated rings. The number of carbonyl (C=O) groups is 2. The van der Waals surface area contributed by atoms with Crippen molar-refractivity contribution in [1.82, 2.24) is 5.32 Å². The zero-order valence-electron chi connectivity index (χ0n) is 9.99. The number of rotatable bonds is 9. The van der Waals surface area contributed by atoms with E-state index >= 15 is 0 Å². The Balaban J connectivity index is 3.50. The van der Waals surface area contributed by atoms with Gasteiger partial charge < -0.3 is 15.2 Å².